The summed E-state index contributed by atoms with van der Waals surface area (Å²) in [6.45, 7) is 1.52. The molecule has 0 saturated heterocycles. The van der Waals surface area contributed by atoms with Crippen LogP contribution in [0, 0.1) is 0 Å². The average Bonchev–Trinajstić information content (AvgIpc) is 2.80. The minimum absolute atomic E-state index is 0.678. The van der Waals surface area contributed by atoms with Crippen LogP contribution in [-0.4, -0.2) is 30.0 Å². The fraction of sp³-hybridized carbons (Fsp3) is 0.357. The predicted molar refractivity (Wildman–Crippen MR) is 77.4 cm³/mol. The molecule has 0 aliphatic rings. The summed E-state index contributed by atoms with van der Waals surface area (Å²) < 4.78 is 7.27. The number of nitrogens with one attached hydrogen (secondary N) is 1. The molecule has 1 aromatic carbocycles. The van der Waals surface area contributed by atoms with Gasteiger partial charge < -0.3 is 15.8 Å². The van der Waals surface area contributed by atoms with Gasteiger partial charge in [-0.15, -0.1) is 0 Å². The summed E-state index contributed by atoms with van der Waals surface area (Å²) in [5.74, 6) is 0.841. The maximum atomic E-state index is 5.51. The molecule has 0 atom stereocenters. The van der Waals surface area contributed by atoms with Gasteiger partial charge in [0.1, 0.15) is 5.75 Å². The van der Waals surface area contributed by atoms with E-state index in [-0.39, 0.29) is 0 Å². The lowest BCUT2D eigenvalue weighted by atomic mass is 10.1. The lowest BCUT2D eigenvalue weighted by Crippen LogP contribution is -2.09. The smallest absolute Gasteiger partial charge is 0.128 e. The Morgan fingerprint density at radius 1 is 1.37 bits per heavy atom. The van der Waals surface area contributed by atoms with E-state index in [1.54, 1.807) is 7.11 Å². The molecule has 1 heterocycles. The molecule has 0 fully saturated rings. The van der Waals surface area contributed by atoms with Gasteiger partial charge in [0.05, 0.1) is 24.7 Å². The van der Waals surface area contributed by atoms with E-state index in [9.17, 15) is 0 Å². The van der Waals surface area contributed by atoms with Crippen molar-refractivity contribution in [3.63, 3.8) is 0 Å². The summed E-state index contributed by atoms with van der Waals surface area (Å²) in [4.78, 5) is 0. The summed E-state index contributed by atoms with van der Waals surface area (Å²) in [5, 5.41) is 7.68. The molecule has 0 amide bonds. The van der Waals surface area contributed by atoms with Gasteiger partial charge in [0.25, 0.3) is 0 Å². The Morgan fingerprint density at radius 3 is 2.89 bits per heavy atom. The molecule has 0 radical (unpaired) electrons. The first-order chi connectivity index (χ1) is 9.27. The van der Waals surface area contributed by atoms with Crippen LogP contribution in [0.15, 0.2) is 30.5 Å². The average molecular weight is 260 g/mol. The molecule has 1 aromatic heterocycles. The van der Waals surface area contributed by atoms with Crippen molar-refractivity contribution >= 4 is 5.69 Å². The molecule has 102 valence electrons. The number of benzene rings is 1. The monoisotopic (exact) mass is 260 g/mol. The van der Waals surface area contributed by atoms with E-state index in [4.69, 9.17) is 10.5 Å². The van der Waals surface area contributed by atoms with Gasteiger partial charge in [-0.2, -0.15) is 5.10 Å². The molecule has 2 rings (SSSR count). The van der Waals surface area contributed by atoms with Crippen LogP contribution >= 0.6 is 0 Å². The third kappa shape index (κ3) is 2.88. The molecule has 0 aliphatic heterocycles. The molecule has 5 heteroatoms. The van der Waals surface area contributed by atoms with Gasteiger partial charge in [-0.25, -0.2) is 0 Å². The third-order valence-corrected chi connectivity index (χ3v) is 3.00. The van der Waals surface area contributed by atoms with Gasteiger partial charge in [0.2, 0.25) is 0 Å². The highest BCUT2D eigenvalue weighted by molar-refractivity contribution is 5.78. The van der Waals surface area contributed by atoms with Crippen LogP contribution < -0.4 is 15.8 Å². The van der Waals surface area contributed by atoms with Gasteiger partial charge in [-0.3, -0.25) is 4.68 Å². The number of aryl methyl sites for hydroxylation is 1. The van der Waals surface area contributed by atoms with Gasteiger partial charge in [0, 0.05) is 19.2 Å². The van der Waals surface area contributed by atoms with E-state index in [2.05, 4.69) is 10.4 Å². The van der Waals surface area contributed by atoms with Crippen molar-refractivity contribution in [2.75, 3.05) is 25.5 Å². The Bertz CT molecular complexity index is 536. The Labute approximate surface area is 113 Å². The number of methoxy groups -OCH3 is 1. The predicted octanol–water partition coefficient (Wildman–Crippen LogP) is 1.86. The first kappa shape index (κ1) is 13.4. The molecular weight excluding hydrogens is 240 g/mol. The molecule has 0 aliphatic carbocycles. The van der Waals surface area contributed by atoms with Crippen LogP contribution in [0.2, 0.25) is 0 Å². The Hall–Kier alpha value is -2.01. The maximum Gasteiger partial charge on any atom is 0.128 e. The molecule has 5 nitrogen and oxygen atoms in total. The normalized spacial score (nSPS) is 10.5. The largest absolute Gasteiger partial charge is 0.496 e. The number of hydrogen-bond donors (Lipinski definition) is 2. The van der Waals surface area contributed by atoms with Gasteiger partial charge >= 0.3 is 0 Å². The van der Waals surface area contributed by atoms with E-state index in [1.165, 1.54) is 0 Å². The number of anilines is 1. The van der Waals surface area contributed by atoms with Crippen molar-refractivity contribution in [2.45, 2.75) is 6.42 Å². The van der Waals surface area contributed by atoms with Crippen LogP contribution in [0.25, 0.3) is 11.3 Å². The van der Waals surface area contributed by atoms with Crippen molar-refractivity contribution < 1.29 is 4.74 Å². The molecule has 0 spiro atoms. The Kier molecular flexibility index (Phi) is 4.41. The van der Waals surface area contributed by atoms with Gasteiger partial charge in [-0.05, 0) is 25.1 Å². The highest BCUT2D eigenvalue weighted by atomic mass is 16.5. The van der Waals surface area contributed by atoms with Gasteiger partial charge in [-0.1, -0.05) is 12.1 Å². The summed E-state index contributed by atoms with van der Waals surface area (Å²) in [6, 6.07) is 7.94. The third-order valence-electron chi connectivity index (χ3n) is 3.00. The van der Waals surface area contributed by atoms with Crippen LogP contribution in [0.5, 0.6) is 5.75 Å². The van der Waals surface area contributed by atoms with Crippen molar-refractivity contribution in [1.82, 2.24) is 9.78 Å². The number of hydrogen-bond acceptors (Lipinski definition) is 4. The maximum absolute atomic E-state index is 5.51. The summed E-state index contributed by atoms with van der Waals surface area (Å²) in [6.07, 6.45) is 2.76. The Balaban J connectivity index is 2.35. The van der Waals surface area contributed by atoms with Crippen molar-refractivity contribution in [1.29, 1.82) is 0 Å². The zero-order valence-electron chi connectivity index (χ0n) is 11.4. The molecule has 0 bridgehead atoms. The van der Waals surface area contributed by atoms with E-state index in [0.717, 1.165) is 35.7 Å². The van der Waals surface area contributed by atoms with Crippen molar-refractivity contribution in [3.8, 4) is 17.0 Å². The standard InChI is InChI=1S/C14H20N4O/c1-18-14(11-6-3-4-7-13(11)19-2)12(10-17-18)16-9-5-8-15/h3-4,6-7,10,16H,5,8-9,15H2,1-2H3. The highest BCUT2D eigenvalue weighted by Gasteiger charge is 2.14. The van der Waals surface area contributed by atoms with E-state index in [1.807, 2.05) is 42.2 Å². The van der Waals surface area contributed by atoms with Gasteiger partial charge in [0.15, 0.2) is 0 Å². The lowest BCUT2D eigenvalue weighted by molar-refractivity contribution is 0.416. The molecule has 2 aromatic rings. The van der Waals surface area contributed by atoms with Crippen LogP contribution in [0.3, 0.4) is 0 Å². The fourth-order valence-corrected chi connectivity index (χ4v) is 2.05. The minimum atomic E-state index is 0.678. The van der Waals surface area contributed by atoms with Crippen LogP contribution in [0.1, 0.15) is 6.42 Å². The number of nitrogens with zero attached hydrogens (tertiary/aromatic N) is 2. The molecule has 3 N–H and O–H groups in total. The number of aromatic nitrogens is 2. The number of nitrogens with two attached hydrogens (primary N) is 1. The molecular formula is C14H20N4O. The topological polar surface area (TPSA) is 65.1 Å². The second-order valence-electron chi connectivity index (χ2n) is 4.30. The number of ether oxygens (including phenoxy) is 1. The van der Waals surface area contributed by atoms with Crippen LogP contribution in [0.4, 0.5) is 5.69 Å². The lowest BCUT2D eigenvalue weighted by Gasteiger charge is -2.12. The van der Waals surface area contributed by atoms with Crippen molar-refractivity contribution in [3.05, 3.63) is 30.5 Å². The quantitative estimate of drug-likeness (QED) is 0.778. The number of para-hydroxylation sites is 1. The van der Waals surface area contributed by atoms with E-state index in [0.29, 0.717) is 6.54 Å². The first-order valence-electron chi connectivity index (χ1n) is 6.37. The molecule has 19 heavy (non-hydrogen) atoms. The second-order valence-corrected chi connectivity index (χ2v) is 4.30. The summed E-state index contributed by atoms with van der Waals surface area (Å²) in [7, 11) is 3.60. The first-order valence-corrected chi connectivity index (χ1v) is 6.37. The summed E-state index contributed by atoms with van der Waals surface area (Å²) in [5.41, 5.74) is 8.56. The van der Waals surface area contributed by atoms with E-state index >= 15 is 0 Å². The fourth-order valence-electron chi connectivity index (χ4n) is 2.05. The molecule has 0 unspecified atom stereocenters. The van der Waals surface area contributed by atoms with E-state index < -0.39 is 0 Å². The molecule has 0 saturated carbocycles. The number of rotatable bonds is 6. The summed E-state index contributed by atoms with van der Waals surface area (Å²) >= 11 is 0. The SMILES string of the molecule is COc1ccccc1-c1c(NCCCN)cnn1C. The second kappa shape index (κ2) is 6.24. The highest BCUT2D eigenvalue weighted by Crippen LogP contribution is 2.34. The van der Waals surface area contributed by atoms with Crippen molar-refractivity contribution in [2.24, 2.45) is 12.8 Å². The minimum Gasteiger partial charge on any atom is -0.496 e. The van der Waals surface area contributed by atoms with Crippen LogP contribution in [-0.2, 0) is 7.05 Å². The zero-order valence-corrected chi connectivity index (χ0v) is 11.4. The Morgan fingerprint density at radius 2 is 2.16 bits per heavy atom. The zero-order chi connectivity index (χ0) is 13.7.